The van der Waals surface area contributed by atoms with Gasteiger partial charge in [-0.05, 0) is 47.5 Å². The average Bonchev–Trinajstić information content (AvgIpc) is 2.95. The van der Waals surface area contributed by atoms with Gasteiger partial charge in [-0.25, -0.2) is 13.6 Å². The van der Waals surface area contributed by atoms with E-state index in [0.29, 0.717) is 44.9 Å². The Morgan fingerprint density at radius 3 is 2.32 bits per heavy atom. The van der Waals surface area contributed by atoms with E-state index >= 15 is 0 Å². The number of piperazine rings is 1. The third-order valence-electron chi connectivity index (χ3n) is 6.54. The van der Waals surface area contributed by atoms with Crippen LogP contribution in [0.5, 0.6) is 5.75 Å². The number of hydrogen-bond acceptors (Lipinski definition) is 6. The fraction of sp³-hybridized carbons (Fsp3) is 0.310. The SMILES string of the molecule is COC(=O)c1ccc(COC(CN2CCN(C(=O)c3ccc(F)cc3F)CC2)c2cccc(OC)c2)cc1. The number of nitrogens with zero attached hydrogens (tertiary/aromatic N) is 2. The van der Waals surface area contributed by atoms with E-state index < -0.39 is 23.5 Å². The molecule has 38 heavy (non-hydrogen) atoms. The second-order valence-corrected chi connectivity index (χ2v) is 8.98. The average molecular weight is 525 g/mol. The van der Waals surface area contributed by atoms with Gasteiger partial charge in [0.15, 0.2) is 0 Å². The van der Waals surface area contributed by atoms with Crippen LogP contribution in [-0.2, 0) is 16.1 Å². The summed E-state index contributed by atoms with van der Waals surface area (Å²) in [7, 11) is 2.95. The Morgan fingerprint density at radius 2 is 1.66 bits per heavy atom. The highest BCUT2D eigenvalue weighted by molar-refractivity contribution is 5.94. The van der Waals surface area contributed by atoms with Gasteiger partial charge < -0.3 is 19.1 Å². The van der Waals surface area contributed by atoms with E-state index in [1.807, 2.05) is 36.4 Å². The summed E-state index contributed by atoms with van der Waals surface area (Å²) in [6.07, 6.45) is -0.290. The van der Waals surface area contributed by atoms with Crippen LogP contribution >= 0.6 is 0 Å². The van der Waals surface area contributed by atoms with Crippen LogP contribution in [0.2, 0.25) is 0 Å². The molecule has 1 amide bonds. The molecule has 4 rings (SSSR count). The topological polar surface area (TPSA) is 68.3 Å². The molecule has 0 radical (unpaired) electrons. The molecule has 3 aromatic rings. The van der Waals surface area contributed by atoms with Gasteiger partial charge in [0.2, 0.25) is 0 Å². The summed E-state index contributed by atoms with van der Waals surface area (Å²) >= 11 is 0. The second kappa shape index (κ2) is 12.6. The molecule has 3 aromatic carbocycles. The van der Waals surface area contributed by atoms with Crippen molar-refractivity contribution in [3.63, 3.8) is 0 Å². The van der Waals surface area contributed by atoms with Crippen molar-refractivity contribution in [2.24, 2.45) is 0 Å². The second-order valence-electron chi connectivity index (χ2n) is 8.98. The summed E-state index contributed by atoms with van der Waals surface area (Å²) < 4.78 is 43.8. The van der Waals surface area contributed by atoms with Gasteiger partial charge in [-0.2, -0.15) is 0 Å². The summed E-state index contributed by atoms with van der Waals surface area (Å²) in [5.74, 6) is -1.70. The third kappa shape index (κ3) is 6.73. The number of methoxy groups -OCH3 is 2. The van der Waals surface area contributed by atoms with E-state index in [4.69, 9.17) is 14.2 Å². The lowest BCUT2D eigenvalue weighted by atomic mass is 10.1. The van der Waals surface area contributed by atoms with Crippen LogP contribution < -0.4 is 4.74 Å². The van der Waals surface area contributed by atoms with Gasteiger partial charge in [0.05, 0.1) is 38.1 Å². The molecule has 200 valence electrons. The van der Waals surface area contributed by atoms with Crippen LogP contribution in [0, 0.1) is 11.6 Å². The van der Waals surface area contributed by atoms with E-state index in [2.05, 4.69) is 4.90 Å². The van der Waals surface area contributed by atoms with Crippen LogP contribution in [0.3, 0.4) is 0 Å². The maximum atomic E-state index is 14.1. The molecular formula is C29H30F2N2O5. The zero-order valence-corrected chi connectivity index (χ0v) is 21.4. The van der Waals surface area contributed by atoms with Crippen molar-refractivity contribution in [1.29, 1.82) is 0 Å². The van der Waals surface area contributed by atoms with E-state index in [0.717, 1.165) is 29.0 Å². The monoisotopic (exact) mass is 524 g/mol. The van der Waals surface area contributed by atoms with Crippen molar-refractivity contribution in [1.82, 2.24) is 9.80 Å². The van der Waals surface area contributed by atoms with Crippen molar-refractivity contribution in [2.75, 3.05) is 46.9 Å². The molecule has 1 aliphatic heterocycles. The van der Waals surface area contributed by atoms with Crippen LogP contribution in [0.25, 0.3) is 0 Å². The molecule has 0 spiro atoms. The summed E-state index contributed by atoms with van der Waals surface area (Å²) in [6.45, 7) is 2.87. The Morgan fingerprint density at radius 1 is 0.921 bits per heavy atom. The van der Waals surface area contributed by atoms with E-state index in [1.54, 1.807) is 24.1 Å². The minimum atomic E-state index is -0.858. The van der Waals surface area contributed by atoms with E-state index in [1.165, 1.54) is 13.2 Å². The highest BCUT2D eigenvalue weighted by atomic mass is 19.1. The number of benzene rings is 3. The number of amides is 1. The molecule has 7 nitrogen and oxygen atoms in total. The van der Waals surface area contributed by atoms with Crippen molar-refractivity contribution >= 4 is 11.9 Å². The van der Waals surface area contributed by atoms with Crippen molar-refractivity contribution in [3.05, 3.63) is 101 Å². The zero-order valence-electron chi connectivity index (χ0n) is 21.4. The quantitative estimate of drug-likeness (QED) is 0.385. The van der Waals surface area contributed by atoms with E-state index in [9.17, 15) is 18.4 Å². The Balaban J connectivity index is 1.41. The molecule has 1 heterocycles. The number of rotatable bonds is 9. The third-order valence-corrected chi connectivity index (χ3v) is 6.54. The Kier molecular flexibility index (Phi) is 9.04. The van der Waals surface area contributed by atoms with E-state index in [-0.39, 0.29) is 11.7 Å². The van der Waals surface area contributed by atoms with Crippen LogP contribution in [0.1, 0.15) is 37.9 Å². The molecule has 0 bridgehead atoms. The number of carbonyl (C=O) groups is 2. The fourth-order valence-electron chi connectivity index (χ4n) is 4.35. The highest BCUT2D eigenvalue weighted by Gasteiger charge is 2.26. The highest BCUT2D eigenvalue weighted by Crippen LogP contribution is 2.25. The summed E-state index contributed by atoms with van der Waals surface area (Å²) in [5.41, 5.74) is 2.19. The number of carbonyl (C=O) groups excluding carboxylic acids is 2. The fourth-order valence-corrected chi connectivity index (χ4v) is 4.35. The lowest BCUT2D eigenvalue weighted by Crippen LogP contribution is -2.49. The molecule has 1 saturated heterocycles. The van der Waals surface area contributed by atoms with Crippen LogP contribution in [0.15, 0.2) is 66.7 Å². The predicted molar refractivity (Wildman–Crippen MR) is 137 cm³/mol. The maximum Gasteiger partial charge on any atom is 0.337 e. The molecule has 0 saturated carbocycles. The van der Waals surface area contributed by atoms with Gasteiger partial charge in [0.1, 0.15) is 17.4 Å². The first-order valence-electron chi connectivity index (χ1n) is 12.3. The van der Waals surface area contributed by atoms with Gasteiger partial charge in [0.25, 0.3) is 5.91 Å². The number of ether oxygens (including phenoxy) is 3. The molecule has 1 fully saturated rings. The van der Waals surface area contributed by atoms with Crippen molar-refractivity contribution in [3.8, 4) is 5.75 Å². The molecule has 0 aromatic heterocycles. The minimum Gasteiger partial charge on any atom is -0.497 e. The summed E-state index contributed by atoms with van der Waals surface area (Å²) in [4.78, 5) is 28.2. The summed E-state index contributed by atoms with van der Waals surface area (Å²) in [6, 6.07) is 17.7. The molecule has 1 aliphatic rings. The first kappa shape index (κ1) is 27.2. The standard InChI is InChI=1S/C29H30F2N2O5/c1-36-24-5-3-4-22(16-24)27(38-19-20-6-8-21(9-7-20)29(35)37-2)18-32-12-14-33(15-13-32)28(34)25-11-10-23(30)17-26(25)31/h3-11,16-17,27H,12-15,18-19H2,1-2H3. The smallest absolute Gasteiger partial charge is 0.337 e. The number of hydrogen-bond donors (Lipinski definition) is 0. The van der Waals surface area contributed by atoms with Gasteiger partial charge >= 0.3 is 5.97 Å². The number of halogens is 2. The minimum absolute atomic E-state index is 0.129. The zero-order chi connectivity index (χ0) is 27.1. The molecule has 0 aliphatic carbocycles. The summed E-state index contributed by atoms with van der Waals surface area (Å²) in [5, 5.41) is 0. The maximum absolute atomic E-state index is 14.1. The lowest BCUT2D eigenvalue weighted by Gasteiger charge is -2.36. The first-order chi connectivity index (χ1) is 18.4. The Bertz CT molecular complexity index is 1260. The van der Waals surface area contributed by atoms with Crippen molar-refractivity contribution in [2.45, 2.75) is 12.7 Å². The molecular weight excluding hydrogens is 494 g/mol. The molecule has 9 heteroatoms. The van der Waals surface area contributed by atoms with Crippen LogP contribution in [0.4, 0.5) is 8.78 Å². The van der Waals surface area contributed by atoms with Gasteiger partial charge in [-0.15, -0.1) is 0 Å². The largest absolute Gasteiger partial charge is 0.497 e. The molecule has 1 unspecified atom stereocenters. The van der Waals surface area contributed by atoms with Crippen LogP contribution in [-0.4, -0.2) is 68.6 Å². The number of esters is 1. The normalized spacial score (nSPS) is 14.7. The van der Waals surface area contributed by atoms with Gasteiger partial charge in [-0.3, -0.25) is 9.69 Å². The molecule has 1 atom stereocenters. The predicted octanol–water partition coefficient (Wildman–Crippen LogP) is 4.48. The van der Waals surface area contributed by atoms with Gasteiger partial charge in [0, 0.05) is 38.8 Å². The van der Waals surface area contributed by atoms with Crippen molar-refractivity contribution < 1.29 is 32.6 Å². The van der Waals surface area contributed by atoms with Gasteiger partial charge in [-0.1, -0.05) is 24.3 Å². The molecule has 0 N–H and O–H groups in total. The lowest BCUT2D eigenvalue weighted by molar-refractivity contribution is 0.00327. The Hall–Kier alpha value is -3.82. The first-order valence-corrected chi connectivity index (χ1v) is 12.3. The Labute approximate surface area is 220 Å².